The van der Waals surface area contributed by atoms with Crippen molar-refractivity contribution in [3.8, 4) is 46.0 Å². The summed E-state index contributed by atoms with van der Waals surface area (Å²) in [6.45, 7) is 0. The Morgan fingerprint density at radius 1 is 0.289 bits per heavy atom. The molecule has 0 aromatic heterocycles. The quantitative estimate of drug-likeness (QED) is 0.128. The Morgan fingerprint density at radius 2 is 0.511 bits per heavy atom. The monoisotopic (exact) mass is 1150 g/mol. The standard InChI is InChI=1S/C36H22I5O4/c37-23-1-9-29(10-2-23)42-33-17-27(18-34(21-33)43-30-11-3-24(38)4-12-30)41-28-19-35(44-31-13-5-25(39)6-14-31)22-36(20-28)45-32-15-7-26(40)8-16-32/h1-22H/q+1. The number of rotatable bonds is 10. The highest BCUT2D eigenvalue weighted by molar-refractivity contribution is 14.1. The van der Waals surface area contributed by atoms with Gasteiger partial charge in [-0.05, 0) is 187 Å². The summed E-state index contributed by atoms with van der Waals surface area (Å²) < 4.78 is 32.1. The van der Waals surface area contributed by atoms with E-state index in [1.165, 1.54) is 0 Å². The molecule has 0 unspecified atom stereocenters. The van der Waals surface area contributed by atoms with Crippen molar-refractivity contribution >= 4 is 90.4 Å². The molecule has 0 fully saturated rings. The number of hydrogen-bond acceptors (Lipinski definition) is 4. The summed E-state index contributed by atoms with van der Waals surface area (Å²) in [5.41, 5.74) is 0. The van der Waals surface area contributed by atoms with E-state index >= 15 is 0 Å². The van der Waals surface area contributed by atoms with Crippen molar-refractivity contribution in [3.63, 3.8) is 0 Å². The zero-order valence-corrected chi connectivity index (χ0v) is 34.0. The highest BCUT2D eigenvalue weighted by Gasteiger charge is 2.22. The Labute approximate surface area is 327 Å². The summed E-state index contributed by atoms with van der Waals surface area (Å²) in [4.78, 5) is 0. The van der Waals surface area contributed by atoms with E-state index in [2.05, 4.69) is 115 Å². The summed E-state index contributed by atoms with van der Waals surface area (Å²) in [5, 5.41) is 0. The van der Waals surface area contributed by atoms with Gasteiger partial charge >= 0.3 is 21.2 Å². The molecule has 0 saturated carbocycles. The van der Waals surface area contributed by atoms with Gasteiger partial charge in [-0.2, -0.15) is 0 Å². The molecule has 6 aromatic carbocycles. The number of benzene rings is 6. The van der Waals surface area contributed by atoms with Gasteiger partial charge in [-0.25, -0.2) is 0 Å². The summed E-state index contributed by atoms with van der Waals surface area (Å²) in [7, 11) is 0. The van der Waals surface area contributed by atoms with Crippen molar-refractivity contribution in [2.24, 2.45) is 0 Å². The Morgan fingerprint density at radius 3 is 0.733 bits per heavy atom. The third kappa shape index (κ3) is 10.1. The maximum atomic E-state index is 6.32. The number of halogens is 5. The molecule has 45 heavy (non-hydrogen) atoms. The van der Waals surface area contributed by atoms with Gasteiger partial charge in [0.2, 0.25) is 7.14 Å². The lowest BCUT2D eigenvalue weighted by molar-refractivity contribution is -0.597. The average Bonchev–Trinajstić information content (AvgIpc) is 3.02. The van der Waals surface area contributed by atoms with E-state index < -0.39 is 21.2 Å². The predicted octanol–water partition coefficient (Wildman–Crippen LogP) is 9.40. The molecule has 0 atom stereocenters. The van der Waals surface area contributed by atoms with Gasteiger partial charge in [-0.15, -0.1) is 0 Å². The van der Waals surface area contributed by atoms with Gasteiger partial charge in [-0.1, -0.05) is 0 Å². The first-order valence-corrected chi connectivity index (χ1v) is 20.0. The summed E-state index contributed by atoms with van der Waals surface area (Å²) in [6.07, 6.45) is 0. The fraction of sp³-hybridized carbons (Fsp3) is 0. The van der Waals surface area contributed by atoms with Gasteiger partial charge in [0.05, 0.1) is 0 Å². The van der Waals surface area contributed by atoms with Crippen LogP contribution < -0.4 is 40.2 Å². The lowest BCUT2D eigenvalue weighted by Crippen LogP contribution is -3.61. The Kier molecular flexibility index (Phi) is 11.6. The third-order valence-corrected chi connectivity index (χ3v) is 11.5. The van der Waals surface area contributed by atoms with Crippen LogP contribution in [-0.4, -0.2) is 0 Å². The predicted molar refractivity (Wildman–Crippen MR) is 207 cm³/mol. The fourth-order valence-electron chi connectivity index (χ4n) is 4.10. The SMILES string of the molecule is Ic1ccc(Oc2cc(Oc3ccc(I)cc3)cc([I+]c3cc(Oc4ccc(I)cc4)cc(Oc4ccc(I)cc4)c3)c2)cc1. The van der Waals surface area contributed by atoms with Crippen LogP contribution in [0.2, 0.25) is 0 Å². The highest BCUT2D eigenvalue weighted by atomic mass is 127. The molecular formula is C36H22I5O4+. The molecule has 6 aromatic rings. The maximum absolute atomic E-state index is 6.32. The van der Waals surface area contributed by atoms with Crippen LogP contribution in [0.5, 0.6) is 46.0 Å². The summed E-state index contributed by atoms with van der Waals surface area (Å²) in [6, 6.07) is 44.3. The van der Waals surface area contributed by atoms with Gasteiger partial charge in [0.1, 0.15) is 46.0 Å². The van der Waals surface area contributed by atoms with Crippen molar-refractivity contribution in [1.82, 2.24) is 0 Å². The van der Waals surface area contributed by atoms with Crippen LogP contribution in [0, 0.1) is 21.4 Å². The lowest BCUT2D eigenvalue weighted by atomic mass is 10.3. The van der Waals surface area contributed by atoms with Crippen molar-refractivity contribution in [2.45, 2.75) is 0 Å². The minimum absolute atomic E-state index is 0.689. The zero-order valence-electron chi connectivity index (χ0n) is 23.2. The van der Waals surface area contributed by atoms with Crippen molar-refractivity contribution in [1.29, 1.82) is 0 Å². The molecule has 0 spiro atoms. The molecule has 0 amide bonds. The van der Waals surface area contributed by atoms with Crippen LogP contribution in [0.1, 0.15) is 0 Å². The molecule has 9 heteroatoms. The van der Waals surface area contributed by atoms with Gasteiger partial charge in [-0.3, -0.25) is 0 Å². The number of hydrogen-bond donors (Lipinski definition) is 0. The van der Waals surface area contributed by atoms with Crippen LogP contribution in [-0.2, 0) is 0 Å². The zero-order chi connectivity index (χ0) is 31.2. The second kappa shape index (κ2) is 15.8. The first kappa shape index (κ1) is 33.1. The van der Waals surface area contributed by atoms with Crippen LogP contribution in [0.4, 0.5) is 0 Å². The Bertz CT molecular complexity index is 1620. The molecule has 0 bridgehead atoms. The van der Waals surface area contributed by atoms with E-state index in [0.717, 1.165) is 67.4 Å². The van der Waals surface area contributed by atoms with E-state index in [-0.39, 0.29) is 0 Å². The Balaban J connectivity index is 1.34. The molecule has 0 saturated heterocycles. The summed E-state index contributed by atoms with van der Waals surface area (Å²) in [5.74, 6) is 5.95. The molecule has 4 nitrogen and oxygen atoms in total. The number of ether oxygens (including phenoxy) is 4. The minimum Gasteiger partial charge on any atom is -0.457 e. The largest absolute Gasteiger partial charge is 0.457 e. The normalized spacial score (nSPS) is 10.8. The first-order chi connectivity index (χ1) is 21.8. The highest BCUT2D eigenvalue weighted by Crippen LogP contribution is 2.31. The molecule has 0 heterocycles. The van der Waals surface area contributed by atoms with E-state index in [1.54, 1.807) is 0 Å². The maximum Gasteiger partial charge on any atom is 0.358 e. The molecule has 224 valence electrons. The van der Waals surface area contributed by atoms with Crippen molar-refractivity contribution < 1.29 is 40.2 Å². The van der Waals surface area contributed by atoms with Gasteiger partial charge in [0.25, 0.3) is 0 Å². The third-order valence-electron chi connectivity index (χ3n) is 6.11. The fourth-order valence-corrected chi connectivity index (χ4v) is 8.11. The second-order valence-electron chi connectivity index (χ2n) is 9.56. The molecular weight excluding hydrogens is 1130 g/mol. The first-order valence-electron chi connectivity index (χ1n) is 13.5. The molecule has 0 N–H and O–H groups in total. The summed E-state index contributed by atoms with van der Waals surface area (Å²) >= 11 is 8.49. The lowest BCUT2D eigenvalue weighted by Gasteiger charge is -2.11. The van der Waals surface area contributed by atoms with Crippen molar-refractivity contribution in [2.75, 3.05) is 0 Å². The van der Waals surface area contributed by atoms with Gasteiger partial charge < -0.3 is 18.9 Å². The van der Waals surface area contributed by atoms with Crippen molar-refractivity contribution in [3.05, 3.63) is 155 Å². The van der Waals surface area contributed by atoms with E-state index in [0.29, 0.717) is 0 Å². The van der Waals surface area contributed by atoms with Crippen LogP contribution in [0.3, 0.4) is 0 Å². The van der Waals surface area contributed by atoms with Crippen LogP contribution >= 0.6 is 90.4 Å². The van der Waals surface area contributed by atoms with Gasteiger partial charge in [0.15, 0.2) is 0 Å². The van der Waals surface area contributed by atoms with Crippen LogP contribution in [0.25, 0.3) is 0 Å². The smallest absolute Gasteiger partial charge is 0.358 e. The van der Waals surface area contributed by atoms with Gasteiger partial charge in [0, 0.05) is 50.7 Å². The molecule has 0 radical (unpaired) electrons. The average molecular weight is 1150 g/mol. The molecule has 6 rings (SSSR count). The topological polar surface area (TPSA) is 36.9 Å². The molecule has 0 aliphatic heterocycles. The second-order valence-corrected chi connectivity index (χ2v) is 17.6. The van der Waals surface area contributed by atoms with E-state index in [1.807, 2.05) is 109 Å². The van der Waals surface area contributed by atoms with Crippen LogP contribution in [0.15, 0.2) is 133 Å². The molecule has 0 aliphatic carbocycles. The Hall–Kier alpha value is -1.83. The van der Waals surface area contributed by atoms with E-state index in [4.69, 9.17) is 18.9 Å². The van der Waals surface area contributed by atoms with E-state index in [9.17, 15) is 0 Å². The molecule has 0 aliphatic rings. The minimum atomic E-state index is -0.689.